The number of ether oxygens (including phenoxy) is 1. The Balaban J connectivity index is 1.66. The Morgan fingerprint density at radius 2 is 1.92 bits per heavy atom. The summed E-state index contributed by atoms with van der Waals surface area (Å²) in [5, 5.41) is 0. The number of hydrogen-bond acceptors (Lipinski definition) is 3. The zero-order valence-corrected chi connectivity index (χ0v) is 15.4. The monoisotopic (exact) mass is 351 g/mol. The van der Waals surface area contributed by atoms with Crippen molar-refractivity contribution in [3.05, 3.63) is 47.6 Å². The Morgan fingerprint density at radius 1 is 1.19 bits per heavy atom. The fourth-order valence-electron chi connectivity index (χ4n) is 5.09. The van der Waals surface area contributed by atoms with Crippen LogP contribution in [0.15, 0.2) is 47.6 Å². The lowest BCUT2D eigenvalue weighted by molar-refractivity contribution is -0.126. The molecule has 1 aromatic rings. The van der Waals surface area contributed by atoms with Gasteiger partial charge in [-0.2, -0.15) is 0 Å². The third-order valence-electron chi connectivity index (χ3n) is 6.34. The maximum Gasteiger partial charge on any atom is 0.237 e. The van der Waals surface area contributed by atoms with Gasteiger partial charge in [0.05, 0.1) is 18.7 Å². The van der Waals surface area contributed by atoms with Crippen molar-refractivity contribution in [1.29, 1.82) is 0 Å². The molecule has 0 radical (unpaired) electrons. The maximum atomic E-state index is 13.3. The molecule has 0 saturated heterocycles. The van der Waals surface area contributed by atoms with Gasteiger partial charge in [0.2, 0.25) is 12.3 Å². The molecule has 0 heterocycles. The molecule has 2 saturated carbocycles. The van der Waals surface area contributed by atoms with E-state index in [1.807, 2.05) is 6.07 Å². The number of amides is 2. The average molecular weight is 351 g/mol. The number of benzene rings is 1. The summed E-state index contributed by atoms with van der Waals surface area (Å²) in [6.45, 7) is 2.15. The van der Waals surface area contributed by atoms with E-state index in [1.165, 1.54) is 36.2 Å². The fraction of sp³-hybridized carbons (Fsp3) is 0.455. The molecule has 0 aliphatic heterocycles. The summed E-state index contributed by atoms with van der Waals surface area (Å²) in [5.41, 5.74) is 3.61. The topological polar surface area (TPSA) is 46.6 Å². The molecule has 0 unspecified atom stereocenters. The van der Waals surface area contributed by atoms with Gasteiger partial charge < -0.3 is 4.74 Å². The number of methoxy groups -OCH3 is 1. The lowest BCUT2D eigenvalue weighted by Crippen LogP contribution is -2.39. The third-order valence-corrected chi connectivity index (χ3v) is 6.34. The van der Waals surface area contributed by atoms with Crippen molar-refractivity contribution >= 4 is 18.0 Å². The summed E-state index contributed by atoms with van der Waals surface area (Å²) in [4.78, 5) is 26.4. The van der Waals surface area contributed by atoms with Gasteiger partial charge >= 0.3 is 0 Å². The van der Waals surface area contributed by atoms with E-state index in [1.54, 1.807) is 30.9 Å². The molecule has 4 atom stereocenters. The van der Waals surface area contributed by atoms with E-state index < -0.39 is 0 Å². The smallest absolute Gasteiger partial charge is 0.237 e. The number of rotatable bonds is 4. The van der Waals surface area contributed by atoms with Crippen molar-refractivity contribution in [3.63, 3.8) is 0 Å². The van der Waals surface area contributed by atoms with Gasteiger partial charge in [-0.1, -0.05) is 36.3 Å². The van der Waals surface area contributed by atoms with Gasteiger partial charge in [-0.25, -0.2) is 0 Å². The van der Waals surface area contributed by atoms with Crippen LogP contribution >= 0.6 is 0 Å². The summed E-state index contributed by atoms with van der Waals surface area (Å²) in [5.74, 6) is 1.12. The lowest BCUT2D eigenvalue weighted by Gasteiger charge is -2.27. The quantitative estimate of drug-likeness (QED) is 0.605. The van der Waals surface area contributed by atoms with Gasteiger partial charge in [0.15, 0.2) is 0 Å². The minimum absolute atomic E-state index is 0.103. The van der Waals surface area contributed by atoms with Crippen molar-refractivity contribution in [2.45, 2.75) is 32.6 Å². The highest BCUT2D eigenvalue weighted by Crippen LogP contribution is 2.55. The molecule has 136 valence electrons. The van der Waals surface area contributed by atoms with E-state index in [0.717, 1.165) is 0 Å². The van der Waals surface area contributed by atoms with Gasteiger partial charge in [-0.15, -0.1) is 0 Å². The van der Waals surface area contributed by atoms with Gasteiger partial charge in [0.25, 0.3) is 0 Å². The molecule has 1 aromatic carbocycles. The molecule has 3 aliphatic carbocycles. The van der Waals surface area contributed by atoms with Crippen LogP contribution in [0.5, 0.6) is 5.75 Å². The summed E-state index contributed by atoms with van der Waals surface area (Å²) in [6, 6.07) is 7.12. The van der Waals surface area contributed by atoms with Gasteiger partial charge in [0.1, 0.15) is 5.75 Å². The first-order valence-corrected chi connectivity index (χ1v) is 9.48. The van der Waals surface area contributed by atoms with Crippen LogP contribution in [0.3, 0.4) is 0 Å². The molecular formula is C22H25NO3. The SMILES string of the molecule is COc1cccc(N(C=O)C(=O)[C@H]2[C@@H](C)[C@@H]3C=C[C@@H]2C3=C2CCCC2)c1. The Labute approximate surface area is 154 Å². The van der Waals surface area contributed by atoms with Crippen molar-refractivity contribution in [2.75, 3.05) is 12.0 Å². The Bertz CT molecular complexity index is 786. The lowest BCUT2D eigenvalue weighted by atomic mass is 9.83. The predicted molar refractivity (Wildman–Crippen MR) is 101 cm³/mol. The second kappa shape index (κ2) is 6.75. The van der Waals surface area contributed by atoms with Crippen molar-refractivity contribution in [3.8, 4) is 5.75 Å². The number of imide groups is 1. The highest BCUT2D eigenvalue weighted by Gasteiger charge is 2.51. The summed E-state index contributed by atoms with van der Waals surface area (Å²) in [7, 11) is 1.58. The van der Waals surface area contributed by atoms with E-state index in [4.69, 9.17) is 4.74 Å². The minimum Gasteiger partial charge on any atom is -0.497 e. The number of anilines is 1. The summed E-state index contributed by atoms with van der Waals surface area (Å²) < 4.78 is 5.24. The number of carbonyl (C=O) groups is 2. The van der Waals surface area contributed by atoms with E-state index in [9.17, 15) is 9.59 Å². The van der Waals surface area contributed by atoms with Gasteiger partial charge in [-0.05, 0) is 43.7 Å². The molecule has 0 N–H and O–H groups in total. The molecule has 2 bridgehead atoms. The number of allylic oxidation sites excluding steroid dienone is 4. The minimum atomic E-state index is -0.162. The molecule has 26 heavy (non-hydrogen) atoms. The average Bonchev–Trinajstić information content (AvgIpc) is 3.37. The molecule has 4 rings (SSSR count). The summed E-state index contributed by atoms with van der Waals surface area (Å²) in [6.07, 6.45) is 9.97. The first-order valence-electron chi connectivity index (χ1n) is 9.48. The summed E-state index contributed by atoms with van der Waals surface area (Å²) >= 11 is 0. The van der Waals surface area contributed by atoms with Crippen LogP contribution in [0.25, 0.3) is 0 Å². The second-order valence-corrected chi connectivity index (χ2v) is 7.60. The van der Waals surface area contributed by atoms with Crippen LogP contribution in [0.4, 0.5) is 5.69 Å². The van der Waals surface area contributed by atoms with Crippen LogP contribution in [-0.2, 0) is 9.59 Å². The number of nitrogens with zero attached hydrogens (tertiary/aromatic N) is 1. The van der Waals surface area contributed by atoms with Crippen LogP contribution < -0.4 is 9.64 Å². The van der Waals surface area contributed by atoms with Crippen molar-refractivity contribution < 1.29 is 14.3 Å². The zero-order chi connectivity index (χ0) is 18.3. The number of carbonyl (C=O) groups excluding carboxylic acids is 2. The maximum absolute atomic E-state index is 13.3. The van der Waals surface area contributed by atoms with E-state index in [0.29, 0.717) is 23.8 Å². The van der Waals surface area contributed by atoms with Crippen LogP contribution in [0.1, 0.15) is 32.6 Å². The first kappa shape index (κ1) is 17.1. The zero-order valence-electron chi connectivity index (χ0n) is 15.4. The molecular weight excluding hydrogens is 326 g/mol. The highest BCUT2D eigenvalue weighted by molar-refractivity contribution is 6.08. The Kier molecular flexibility index (Phi) is 4.43. The molecule has 2 fully saturated rings. The molecule has 0 aromatic heterocycles. The first-order chi connectivity index (χ1) is 12.7. The van der Waals surface area contributed by atoms with Crippen molar-refractivity contribution in [1.82, 2.24) is 0 Å². The predicted octanol–water partition coefficient (Wildman–Crippen LogP) is 4.12. The molecule has 4 heteroatoms. The standard InChI is InChI=1S/C22H25NO3/c1-14-18-10-11-19(21(18)15-6-3-4-7-15)20(14)22(25)23(13-24)16-8-5-9-17(12-16)26-2/h5,8-14,18-20H,3-4,6-7H2,1-2H3/t14-,18-,19-,20-/m0/s1. The molecule has 2 amide bonds. The van der Waals surface area contributed by atoms with E-state index >= 15 is 0 Å². The highest BCUT2D eigenvalue weighted by atomic mass is 16.5. The Hall–Kier alpha value is -2.36. The van der Waals surface area contributed by atoms with Crippen molar-refractivity contribution in [2.24, 2.45) is 23.7 Å². The molecule has 3 aliphatic rings. The van der Waals surface area contributed by atoms with E-state index in [2.05, 4.69) is 19.1 Å². The van der Waals surface area contributed by atoms with Crippen LogP contribution in [0.2, 0.25) is 0 Å². The van der Waals surface area contributed by atoms with E-state index in [-0.39, 0.29) is 23.7 Å². The molecule has 4 nitrogen and oxygen atoms in total. The number of fused-ring (bicyclic) bond motifs is 2. The van der Waals surface area contributed by atoms with Crippen LogP contribution in [0, 0.1) is 23.7 Å². The Morgan fingerprint density at radius 3 is 2.62 bits per heavy atom. The molecule has 0 spiro atoms. The van der Waals surface area contributed by atoms with Gasteiger partial charge in [0, 0.05) is 17.9 Å². The largest absolute Gasteiger partial charge is 0.497 e. The third kappa shape index (κ3) is 2.59. The number of hydrogen-bond donors (Lipinski definition) is 0. The van der Waals surface area contributed by atoms with Crippen LogP contribution in [-0.4, -0.2) is 19.4 Å². The normalized spacial score (nSPS) is 29.3. The van der Waals surface area contributed by atoms with Gasteiger partial charge in [-0.3, -0.25) is 14.5 Å². The second-order valence-electron chi connectivity index (χ2n) is 7.60. The fourth-order valence-corrected chi connectivity index (χ4v) is 5.09.